The van der Waals surface area contributed by atoms with Gasteiger partial charge in [0.25, 0.3) is 0 Å². The number of benzene rings is 1. The van der Waals surface area contributed by atoms with E-state index < -0.39 is 17.5 Å². The Hall–Kier alpha value is -2.46. The van der Waals surface area contributed by atoms with E-state index in [2.05, 4.69) is 13.0 Å². The molecule has 0 aliphatic heterocycles. The van der Waals surface area contributed by atoms with Crippen LogP contribution in [0, 0.1) is 28.1 Å². The van der Waals surface area contributed by atoms with Crippen LogP contribution in [0.2, 0.25) is 0 Å². The molecule has 3 rings (SSSR count). The molecule has 0 heterocycles. The van der Waals surface area contributed by atoms with Gasteiger partial charge >= 0.3 is 0 Å². The molecule has 4 unspecified atom stereocenters. The molecular formula is C25H35FN4O2. The molecule has 1 fully saturated rings. The monoisotopic (exact) mass is 442 g/mol. The summed E-state index contributed by atoms with van der Waals surface area (Å²) in [5.74, 6) is -1.04. The molecule has 0 aromatic heterocycles. The minimum Gasteiger partial charge on any atom is -0.378 e. The summed E-state index contributed by atoms with van der Waals surface area (Å²) in [6.07, 6.45) is 4.30. The van der Waals surface area contributed by atoms with Crippen molar-refractivity contribution in [3.8, 4) is 6.07 Å². The van der Waals surface area contributed by atoms with E-state index >= 15 is 0 Å². The van der Waals surface area contributed by atoms with E-state index in [-0.39, 0.29) is 24.0 Å². The average molecular weight is 443 g/mol. The highest BCUT2D eigenvalue weighted by Crippen LogP contribution is 2.58. The molecule has 0 bridgehead atoms. The van der Waals surface area contributed by atoms with Crippen LogP contribution in [0.25, 0.3) is 0 Å². The Bertz CT molecular complexity index is 919. The van der Waals surface area contributed by atoms with Gasteiger partial charge in [-0.05, 0) is 81.0 Å². The van der Waals surface area contributed by atoms with E-state index in [1.165, 1.54) is 13.8 Å². The third kappa shape index (κ3) is 4.66. The second-order valence-corrected chi connectivity index (χ2v) is 9.93. The van der Waals surface area contributed by atoms with E-state index in [4.69, 9.17) is 15.9 Å². The standard InChI is InChI=1S/C25H35FN4O2/c1-5-17-12-25(10-9-20(17)32-6-2)13-18-8-7-16(14-27)11-19(18)21(25)22(31)30(23(28)29)15-24(3,4)26/h7-8,11,17,20-21H,5-6,9-10,12-13,15H2,1-4H3,(H3,28,29). The van der Waals surface area contributed by atoms with Crippen molar-refractivity contribution in [2.75, 3.05) is 13.2 Å². The van der Waals surface area contributed by atoms with Crippen molar-refractivity contribution in [1.82, 2.24) is 4.90 Å². The molecule has 32 heavy (non-hydrogen) atoms. The lowest BCUT2D eigenvalue weighted by Crippen LogP contribution is -2.52. The summed E-state index contributed by atoms with van der Waals surface area (Å²) in [6.45, 7) is 7.29. The van der Waals surface area contributed by atoms with Gasteiger partial charge < -0.3 is 10.5 Å². The van der Waals surface area contributed by atoms with Crippen LogP contribution in [0.3, 0.4) is 0 Å². The number of guanidine groups is 1. The number of carbonyl (C=O) groups excluding carboxylic acids is 1. The van der Waals surface area contributed by atoms with Crippen molar-refractivity contribution in [3.05, 3.63) is 34.9 Å². The zero-order valence-corrected chi connectivity index (χ0v) is 19.6. The summed E-state index contributed by atoms with van der Waals surface area (Å²) >= 11 is 0. The number of hydrogen-bond acceptors (Lipinski definition) is 4. The average Bonchev–Trinajstić information content (AvgIpc) is 3.04. The summed E-state index contributed by atoms with van der Waals surface area (Å²) < 4.78 is 20.5. The van der Waals surface area contributed by atoms with Gasteiger partial charge in [0.2, 0.25) is 5.91 Å². The van der Waals surface area contributed by atoms with Crippen LogP contribution in [-0.2, 0) is 16.0 Å². The highest BCUT2D eigenvalue weighted by molar-refractivity contribution is 5.99. The van der Waals surface area contributed by atoms with Crippen molar-refractivity contribution in [3.63, 3.8) is 0 Å². The molecular weight excluding hydrogens is 407 g/mol. The predicted octanol–water partition coefficient (Wildman–Crippen LogP) is 4.27. The summed E-state index contributed by atoms with van der Waals surface area (Å²) in [4.78, 5) is 15.0. The summed E-state index contributed by atoms with van der Waals surface area (Å²) in [5.41, 5.74) is 6.09. The molecule has 0 radical (unpaired) electrons. The number of ether oxygens (including phenoxy) is 1. The quantitative estimate of drug-likeness (QED) is 0.507. The Morgan fingerprint density at radius 2 is 2.16 bits per heavy atom. The maximum atomic E-state index is 14.5. The molecule has 2 aliphatic rings. The maximum Gasteiger partial charge on any atom is 0.237 e. The van der Waals surface area contributed by atoms with Crippen molar-refractivity contribution in [2.45, 2.75) is 77.5 Å². The fraction of sp³-hybridized carbons (Fsp3) is 0.640. The number of nitrogens with one attached hydrogen (secondary N) is 1. The van der Waals surface area contributed by atoms with Gasteiger partial charge in [-0.3, -0.25) is 15.1 Å². The maximum absolute atomic E-state index is 14.5. The van der Waals surface area contributed by atoms with Crippen LogP contribution < -0.4 is 5.73 Å². The first-order valence-electron chi connectivity index (χ1n) is 11.5. The fourth-order valence-electron chi connectivity index (χ4n) is 5.80. The largest absolute Gasteiger partial charge is 0.378 e. The van der Waals surface area contributed by atoms with Gasteiger partial charge in [-0.25, -0.2) is 4.39 Å². The van der Waals surface area contributed by atoms with Gasteiger partial charge in [-0.15, -0.1) is 0 Å². The van der Waals surface area contributed by atoms with Crippen LogP contribution in [0.4, 0.5) is 4.39 Å². The van der Waals surface area contributed by atoms with Gasteiger partial charge in [0, 0.05) is 6.61 Å². The minimum atomic E-state index is -1.69. The number of nitriles is 1. The molecule has 1 spiro atoms. The Kier molecular flexibility index (Phi) is 6.94. The number of rotatable bonds is 6. The van der Waals surface area contributed by atoms with Crippen molar-refractivity contribution >= 4 is 11.9 Å². The van der Waals surface area contributed by atoms with E-state index in [9.17, 15) is 14.4 Å². The summed E-state index contributed by atoms with van der Waals surface area (Å²) in [7, 11) is 0. The first-order valence-corrected chi connectivity index (χ1v) is 11.5. The molecule has 174 valence electrons. The van der Waals surface area contributed by atoms with Gasteiger partial charge in [0.05, 0.1) is 30.2 Å². The van der Waals surface area contributed by atoms with Gasteiger partial charge in [-0.1, -0.05) is 19.4 Å². The number of amides is 1. The lowest BCUT2D eigenvalue weighted by atomic mass is 9.61. The van der Waals surface area contributed by atoms with Crippen molar-refractivity contribution in [1.29, 1.82) is 10.7 Å². The molecule has 6 nitrogen and oxygen atoms in total. The number of alkyl halides is 1. The summed E-state index contributed by atoms with van der Waals surface area (Å²) in [5, 5.41) is 17.5. The van der Waals surface area contributed by atoms with Gasteiger partial charge in [0.15, 0.2) is 5.96 Å². The first kappa shape index (κ1) is 24.2. The number of nitrogens with two attached hydrogens (primary N) is 1. The zero-order chi connectivity index (χ0) is 23.7. The van der Waals surface area contributed by atoms with Crippen molar-refractivity contribution in [2.24, 2.45) is 17.1 Å². The molecule has 7 heteroatoms. The fourth-order valence-corrected chi connectivity index (χ4v) is 5.80. The molecule has 3 N–H and O–H groups in total. The third-order valence-corrected chi connectivity index (χ3v) is 7.11. The third-order valence-electron chi connectivity index (χ3n) is 7.11. The predicted molar refractivity (Wildman–Crippen MR) is 122 cm³/mol. The van der Waals surface area contributed by atoms with Crippen LogP contribution in [0.1, 0.15) is 76.0 Å². The van der Waals surface area contributed by atoms with Gasteiger partial charge in [-0.2, -0.15) is 5.26 Å². The highest BCUT2D eigenvalue weighted by Gasteiger charge is 2.54. The minimum absolute atomic E-state index is 0.165. The van der Waals surface area contributed by atoms with Crippen LogP contribution in [-0.4, -0.2) is 41.7 Å². The molecule has 0 saturated heterocycles. The molecule has 1 amide bonds. The van der Waals surface area contributed by atoms with Crippen LogP contribution in [0.5, 0.6) is 0 Å². The second kappa shape index (κ2) is 9.19. The Morgan fingerprint density at radius 3 is 2.72 bits per heavy atom. The number of hydrogen-bond donors (Lipinski definition) is 2. The molecule has 1 saturated carbocycles. The second-order valence-electron chi connectivity index (χ2n) is 9.93. The number of nitrogens with zero attached hydrogens (tertiary/aromatic N) is 2. The van der Waals surface area contributed by atoms with Crippen LogP contribution >= 0.6 is 0 Å². The van der Waals surface area contributed by atoms with Crippen LogP contribution in [0.15, 0.2) is 18.2 Å². The first-order chi connectivity index (χ1) is 15.0. The molecule has 2 aliphatic carbocycles. The lowest BCUT2D eigenvalue weighted by molar-refractivity contribution is -0.135. The normalized spacial score (nSPS) is 27.1. The molecule has 1 aromatic carbocycles. The summed E-state index contributed by atoms with van der Waals surface area (Å²) in [6, 6.07) is 7.69. The van der Waals surface area contributed by atoms with Crippen molar-refractivity contribution < 1.29 is 13.9 Å². The van der Waals surface area contributed by atoms with E-state index in [0.29, 0.717) is 18.1 Å². The number of halogens is 1. The lowest BCUT2D eigenvalue weighted by Gasteiger charge is -2.46. The Morgan fingerprint density at radius 1 is 1.44 bits per heavy atom. The van der Waals surface area contributed by atoms with E-state index in [1.54, 1.807) is 12.1 Å². The smallest absolute Gasteiger partial charge is 0.237 e. The van der Waals surface area contributed by atoms with Gasteiger partial charge in [0.1, 0.15) is 5.67 Å². The van der Waals surface area contributed by atoms with E-state index in [0.717, 1.165) is 48.1 Å². The molecule has 1 aromatic rings. The van der Waals surface area contributed by atoms with E-state index in [1.807, 2.05) is 13.0 Å². The Balaban J connectivity index is 2.07. The highest BCUT2D eigenvalue weighted by atomic mass is 19.1. The molecule has 4 atom stereocenters. The zero-order valence-electron chi connectivity index (χ0n) is 19.6. The Labute approximate surface area is 190 Å². The SMILES string of the molecule is CCOC1CCC2(Cc3ccc(C#N)cc3C2C(=O)N(CC(C)(C)F)C(=N)N)CC1CC. The topological polar surface area (TPSA) is 103 Å². The number of fused-ring (bicyclic) bond motifs is 1. The number of carbonyl (C=O) groups is 1.